The largest absolute Gasteiger partial charge is 0.495 e. The molecule has 160 valence electrons. The van der Waals surface area contributed by atoms with Crippen molar-refractivity contribution in [2.75, 3.05) is 23.9 Å². The summed E-state index contributed by atoms with van der Waals surface area (Å²) in [4.78, 5) is 39.4. The molecule has 2 aromatic rings. The maximum atomic E-state index is 13.0. The third-order valence-corrected chi connectivity index (χ3v) is 5.50. The third kappa shape index (κ3) is 3.84. The summed E-state index contributed by atoms with van der Waals surface area (Å²) in [6.45, 7) is 1.78. The molecule has 0 unspecified atom stereocenters. The normalized spacial score (nSPS) is 19.7. The van der Waals surface area contributed by atoms with Crippen molar-refractivity contribution in [1.82, 2.24) is 5.01 Å². The Morgan fingerprint density at radius 3 is 2.55 bits per heavy atom. The molecule has 2 heterocycles. The Kier molecular flexibility index (Phi) is 5.60. The van der Waals surface area contributed by atoms with Gasteiger partial charge in [-0.15, -0.1) is 0 Å². The van der Waals surface area contributed by atoms with Crippen molar-refractivity contribution in [2.24, 2.45) is 10.3 Å². The first-order valence-corrected chi connectivity index (χ1v) is 10.1. The summed E-state index contributed by atoms with van der Waals surface area (Å²) in [7, 11) is 1.50. The number of fused-ring (bicyclic) bond motifs is 1. The first-order chi connectivity index (χ1) is 14.9. The first-order valence-electron chi connectivity index (χ1n) is 9.70. The van der Waals surface area contributed by atoms with Crippen molar-refractivity contribution in [2.45, 2.75) is 25.4 Å². The van der Waals surface area contributed by atoms with E-state index in [2.05, 4.69) is 15.7 Å². The lowest BCUT2D eigenvalue weighted by Gasteiger charge is -2.20. The number of ether oxygens (including phenoxy) is 1. The van der Waals surface area contributed by atoms with Crippen molar-refractivity contribution in [3.05, 3.63) is 53.1 Å². The Labute approximate surface area is 183 Å². The number of nitrogens with one attached hydrogen (secondary N) is 1. The Morgan fingerprint density at radius 1 is 1.16 bits per heavy atom. The second kappa shape index (κ2) is 8.35. The van der Waals surface area contributed by atoms with Gasteiger partial charge in [0.05, 0.1) is 17.8 Å². The molecule has 0 aliphatic carbocycles. The molecule has 1 N–H and O–H groups in total. The molecular weight excluding hydrogens is 422 g/mol. The molecule has 0 spiro atoms. The number of anilines is 2. The fourth-order valence-corrected chi connectivity index (χ4v) is 3.84. The van der Waals surface area contributed by atoms with E-state index in [9.17, 15) is 14.4 Å². The number of hydrogen-bond donors (Lipinski definition) is 1. The van der Waals surface area contributed by atoms with Crippen LogP contribution in [0.3, 0.4) is 0 Å². The van der Waals surface area contributed by atoms with E-state index in [1.54, 1.807) is 30.3 Å². The van der Waals surface area contributed by atoms with Gasteiger partial charge in [-0.05, 0) is 42.3 Å². The van der Waals surface area contributed by atoms with E-state index >= 15 is 0 Å². The molecule has 2 aliphatic heterocycles. The molecule has 31 heavy (non-hydrogen) atoms. The minimum atomic E-state index is -0.957. The number of amides is 3. The van der Waals surface area contributed by atoms with Gasteiger partial charge in [0.15, 0.2) is 12.1 Å². The zero-order chi connectivity index (χ0) is 22.1. The van der Waals surface area contributed by atoms with Crippen LogP contribution in [0.1, 0.15) is 12.5 Å². The highest BCUT2D eigenvalue weighted by Crippen LogP contribution is 2.32. The molecule has 1 fully saturated rings. The van der Waals surface area contributed by atoms with E-state index in [4.69, 9.17) is 16.3 Å². The number of halogens is 1. The monoisotopic (exact) mass is 441 g/mol. The molecule has 10 heteroatoms. The summed E-state index contributed by atoms with van der Waals surface area (Å²) in [5.41, 5.74) is 2.05. The first kappa shape index (κ1) is 20.8. The number of carbonyl (C=O) groups excluding carboxylic acids is 3. The van der Waals surface area contributed by atoms with Crippen molar-refractivity contribution >= 4 is 40.7 Å². The van der Waals surface area contributed by atoms with Crippen LogP contribution < -0.4 is 15.0 Å². The fraction of sp³-hybridized carbons (Fsp3) is 0.286. The summed E-state index contributed by atoms with van der Waals surface area (Å²) in [6.07, 6.45) is 0.851. The number of rotatable bonds is 6. The quantitative estimate of drug-likeness (QED) is 0.694. The van der Waals surface area contributed by atoms with Gasteiger partial charge >= 0.3 is 0 Å². The Hall–Kier alpha value is -3.46. The van der Waals surface area contributed by atoms with Gasteiger partial charge in [-0.2, -0.15) is 5.11 Å². The Balaban J connectivity index is 1.46. The van der Waals surface area contributed by atoms with Gasteiger partial charge in [0.2, 0.25) is 5.91 Å². The summed E-state index contributed by atoms with van der Waals surface area (Å²) in [5.74, 6) is -0.845. The number of carbonyl (C=O) groups is 3. The molecule has 1 saturated heterocycles. The number of imide groups is 1. The molecular formula is C21H20ClN5O4. The minimum Gasteiger partial charge on any atom is -0.495 e. The maximum Gasteiger partial charge on any atom is 0.263 e. The number of hydrogen-bond acceptors (Lipinski definition) is 7. The minimum absolute atomic E-state index is 0.240. The summed E-state index contributed by atoms with van der Waals surface area (Å²) in [6, 6.07) is 10.1. The van der Waals surface area contributed by atoms with Crippen LogP contribution in [0.2, 0.25) is 5.02 Å². The van der Waals surface area contributed by atoms with E-state index in [0.717, 1.165) is 16.9 Å². The molecule has 2 atom stereocenters. The SMILES string of the molecule is CCc1ccc(N2C(=O)[C@H]3N=NN(CC(=O)Nc4ccc(OC)c(Cl)c4)[C@@H]3C2=O)cc1. The Bertz CT molecular complexity index is 1070. The van der Waals surface area contributed by atoms with E-state index in [-0.39, 0.29) is 6.54 Å². The summed E-state index contributed by atoms with van der Waals surface area (Å²) >= 11 is 6.08. The number of methoxy groups -OCH3 is 1. The lowest BCUT2D eigenvalue weighted by atomic mass is 10.1. The van der Waals surface area contributed by atoms with E-state index < -0.39 is 29.8 Å². The van der Waals surface area contributed by atoms with Crippen LogP contribution in [-0.4, -0.2) is 48.5 Å². The lowest BCUT2D eigenvalue weighted by molar-refractivity contribution is -0.123. The molecule has 0 radical (unpaired) electrons. The number of benzene rings is 2. The molecule has 2 aliphatic rings. The summed E-state index contributed by atoms with van der Waals surface area (Å²) in [5, 5.41) is 12.1. The van der Waals surface area contributed by atoms with Crippen LogP contribution in [0.4, 0.5) is 11.4 Å². The molecule has 3 amide bonds. The van der Waals surface area contributed by atoms with Gasteiger partial charge in [0, 0.05) is 5.69 Å². The maximum absolute atomic E-state index is 13.0. The second-order valence-electron chi connectivity index (χ2n) is 7.12. The van der Waals surface area contributed by atoms with Crippen molar-refractivity contribution in [3.8, 4) is 5.75 Å². The highest BCUT2D eigenvalue weighted by Gasteiger charge is 2.55. The topological polar surface area (TPSA) is 104 Å². The smallest absolute Gasteiger partial charge is 0.263 e. The van der Waals surface area contributed by atoms with Crippen LogP contribution in [0, 0.1) is 0 Å². The second-order valence-corrected chi connectivity index (χ2v) is 7.53. The third-order valence-electron chi connectivity index (χ3n) is 5.20. The molecule has 0 aromatic heterocycles. The average Bonchev–Trinajstić information content (AvgIpc) is 3.28. The van der Waals surface area contributed by atoms with Crippen LogP contribution in [-0.2, 0) is 20.8 Å². The van der Waals surface area contributed by atoms with Gasteiger partial charge in [0.1, 0.15) is 12.3 Å². The van der Waals surface area contributed by atoms with Crippen LogP contribution in [0.5, 0.6) is 5.75 Å². The van der Waals surface area contributed by atoms with Gasteiger partial charge < -0.3 is 10.1 Å². The molecule has 4 rings (SSSR count). The van der Waals surface area contributed by atoms with Crippen molar-refractivity contribution in [3.63, 3.8) is 0 Å². The predicted octanol–water partition coefficient (Wildman–Crippen LogP) is 2.84. The highest BCUT2D eigenvalue weighted by atomic mass is 35.5. The van der Waals surface area contributed by atoms with Crippen molar-refractivity contribution < 1.29 is 19.1 Å². The predicted molar refractivity (Wildman–Crippen MR) is 114 cm³/mol. The van der Waals surface area contributed by atoms with E-state index in [0.29, 0.717) is 22.1 Å². The van der Waals surface area contributed by atoms with E-state index in [1.165, 1.54) is 12.1 Å². The zero-order valence-electron chi connectivity index (χ0n) is 16.9. The summed E-state index contributed by atoms with van der Waals surface area (Å²) < 4.78 is 5.09. The average molecular weight is 442 g/mol. The Morgan fingerprint density at radius 2 is 1.90 bits per heavy atom. The molecule has 0 bridgehead atoms. The molecule has 0 saturated carbocycles. The number of aryl methyl sites for hydroxylation is 1. The van der Waals surface area contributed by atoms with Gasteiger partial charge in [-0.1, -0.05) is 35.9 Å². The standard InChI is InChI=1S/C21H20ClN5O4/c1-3-12-4-7-14(8-5-12)27-20(29)18-19(21(27)30)26(25-24-18)11-17(28)23-13-6-9-16(31-2)15(22)10-13/h4-10,18-19H,3,11H2,1-2H3,(H,23,28)/t18-,19-/m0/s1. The molecule has 9 nitrogen and oxygen atoms in total. The zero-order valence-corrected chi connectivity index (χ0v) is 17.7. The van der Waals surface area contributed by atoms with Gasteiger partial charge in [0.25, 0.3) is 11.8 Å². The fourth-order valence-electron chi connectivity index (χ4n) is 3.58. The van der Waals surface area contributed by atoms with Crippen LogP contribution in [0.25, 0.3) is 0 Å². The highest BCUT2D eigenvalue weighted by molar-refractivity contribution is 6.32. The van der Waals surface area contributed by atoms with Gasteiger partial charge in [-0.25, -0.2) is 4.90 Å². The van der Waals surface area contributed by atoms with Gasteiger partial charge in [-0.3, -0.25) is 19.4 Å². The van der Waals surface area contributed by atoms with E-state index in [1.807, 2.05) is 19.1 Å². The van der Waals surface area contributed by atoms with Crippen molar-refractivity contribution in [1.29, 1.82) is 0 Å². The lowest BCUT2D eigenvalue weighted by Crippen LogP contribution is -2.43. The van der Waals surface area contributed by atoms with Crippen LogP contribution in [0.15, 0.2) is 52.8 Å². The molecule has 2 aromatic carbocycles. The van der Waals surface area contributed by atoms with Crippen LogP contribution >= 0.6 is 11.6 Å². The number of nitrogens with zero attached hydrogens (tertiary/aromatic N) is 4.